The zero-order valence-electron chi connectivity index (χ0n) is 16.5. The fourth-order valence-corrected chi connectivity index (χ4v) is 6.10. The van der Waals surface area contributed by atoms with Crippen molar-refractivity contribution in [3.05, 3.63) is 35.9 Å². The highest BCUT2D eigenvalue weighted by molar-refractivity contribution is 5.84. The van der Waals surface area contributed by atoms with Crippen molar-refractivity contribution in [3.63, 3.8) is 0 Å². The molecule has 1 aromatic carbocycles. The first-order valence-corrected chi connectivity index (χ1v) is 10.2. The average molecular weight is 370 g/mol. The van der Waals surface area contributed by atoms with Gasteiger partial charge in [0.2, 0.25) is 11.8 Å². The number of fused-ring (bicyclic) bond motifs is 2. The fraction of sp³-hybridized carbons (Fsp3) is 0.636. The minimum absolute atomic E-state index is 0.219. The van der Waals surface area contributed by atoms with E-state index in [0.29, 0.717) is 12.3 Å². The predicted molar refractivity (Wildman–Crippen MR) is 105 cm³/mol. The molecule has 1 aromatic rings. The summed E-state index contributed by atoms with van der Waals surface area (Å²) in [6.45, 7) is 3.53. The third-order valence-corrected chi connectivity index (χ3v) is 7.51. The summed E-state index contributed by atoms with van der Waals surface area (Å²) in [6, 6.07) is 10.00. The maximum absolute atomic E-state index is 12.8. The molecule has 2 atom stereocenters. The fourth-order valence-electron chi connectivity index (χ4n) is 6.10. The lowest BCUT2D eigenvalue weighted by molar-refractivity contribution is -0.136. The van der Waals surface area contributed by atoms with Crippen molar-refractivity contribution in [1.29, 1.82) is 0 Å². The molecule has 0 bridgehead atoms. The van der Waals surface area contributed by atoms with E-state index in [4.69, 9.17) is 0 Å². The predicted octanol–water partition coefficient (Wildman–Crippen LogP) is 1.93. The second-order valence-corrected chi connectivity index (χ2v) is 8.89. The van der Waals surface area contributed by atoms with Crippen molar-refractivity contribution in [3.8, 4) is 0 Å². The summed E-state index contributed by atoms with van der Waals surface area (Å²) in [4.78, 5) is 29.8. The topological polar surface area (TPSA) is 52.7 Å². The molecule has 2 amide bonds. The van der Waals surface area contributed by atoms with Crippen LogP contribution in [0.3, 0.4) is 0 Å². The van der Waals surface area contributed by atoms with Crippen LogP contribution in [0.5, 0.6) is 0 Å². The van der Waals surface area contributed by atoms with Gasteiger partial charge in [0, 0.05) is 33.2 Å². The molecular formula is C22H31N3O2. The van der Waals surface area contributed by atoms with Gasteiger partial charge in [0.05, 0.1) is 11.8 Å². The molecule has 146 valence electrons. The molecule has 5 heteroatoms. The molecule has 5 nitrogen and oxygen atoms in total. The summed E-state index contributed by atoms with van der Waals surface area (Å²) in [5, 5.41) is 2.94. The van der Waals surface area contributed by atoms with Gasteiger partial charge in [-0.05, 0) is 49.6 Å². The van der Waals surface area contributed by atoms with Crippen molar-refractivity contribution in [2.75, 3.05) is 40.3 Å². The van der Waals surface area contributed by atoms with Crippen LogP contribution in [-0.4, -0.2) is 61.9 Å². The van der Waals surface area contributed by atoms with Gasteiger partial charge in [-0.25, -0.2) is 0 Å². The zero-order chi connectivity index (χ0) is 19.1. The van der Waals surface area contributed by atoms with Gasteiger partial charge in [-0.3, -0.25) is 9.59 Å². The minimum atomic E-state index is -0.223. The zero-order valence-corrected chi connectivity index (χ0v) is 16.5. The van der Waals surface area contributed by atoms with Gasteiger partial charge in [-0.1, -0.05) is 30.3 Å². The van der Waals surface area contributed by atoms with Crippen molar-refractivity contribution in [2.24, 2.45) is 16.7 Å². The first-order valence-electron chi connectivity index (χ1n) is 10.2. The standard InChI is InChI=1S/C22H31N3O2/c1-23-20(27)22-9-8-21(18(22)15-24(2)16-22)10-12-25(13-11-21)19(26)14-17-6-4-3-5-7-17/h3-7,18H,8-16H2,1-2H3,(H,23,27)/t18-,22+/m0/s1. The number of likely N-dealkylation sites (tertiary alicyclic amines) is 2. The highest BCUT2D eigenvalue weighted by Gasteiger charge is 2.63. The van der Waals surface area contributed by atoms with Crippen molar-refractivity contribution < 1.29 is 9.59 Å². The number of benzene rings is 1. The van der Waals surface area contributed by atoms with Gasteiger partial charge >= 0.3 is 0 Å². The Balaban J connectivity index is 1.44. The van der Waals surface area contributed by atoms with E-state index in [0.717, 1.165) is 57.4 Å². The number of rotatable bonds is 3. The average Bonchev–Trinajstić information content (AvgIpc) is 3.18. The van der Waals surface area contributed by atoms with Gasteiger partial charge in [-0.2, -0.15) is 0 Å². The number of nitrogens with one attached hydrogen (secondary N) is 1. The summed E-state index contributed by atoms with van der Waals surface area (Å²) in [6.07, 6.45) is 4.66. The Morgan fingerprint density at radius 2 is 1.81 bits per heavy atom. The van der Waals surface area contributed by atoms with Crippen LogP contribution in [0, 0.1) is 16.7 Å². The quantitative estimate of drug-likeness (QED) is 0.886. The van der Waals surface area contributed by atoms with E-state index in [1.807, 2.05) is 35.2 Å². The molecule has 2 heterocycles. The van der Waals surface area contributed by atoms with E-state index in [1.165, 1.54) is 0 Å². The second kappa shape index (κ2) is 6.93. The lowest BCUT2D eigenvalue weighted by Gasteiger charge is -2.44. The molecule has 1 aliphatic carbocycles. The van der Waals surface area contributed by atoms with Crippen LogP contribution in [0.15, 0.2) is 30.3 Å². The molecule has 2 aliphatic heterocycles. The molecule has 3 fully saturated rings. The third-order valence-electron chi connectivity index (χ3n) is 7.51. The van der Waals surface area contributed by atoms with E-state index >= 15 is 0 Å². The summed E-state index contributed by atoms with van der Waals surface area (Å²) in [5.74, 6) is 0.868. The van der Waals surface area contributed by atoms with Gasteiger partial charge in [0.25, 0.3) is 0 Å². The molecule has 0 radical (unpaired) electrons. The van der Waals surface area contributed by atoms with Crippen LogP contribution in [-0.2, 0) is 16.0 Å². The molecule has 27 heavy (non-hydrogen) atoms. The van der Waals surface area contributed by atoms with Crippen molar-refractivity contribution in [2.45, 2.75) is 32.1 Å². The van der Waals surface area contributed by atoms with Crippen LogP contribution >= 0.6 is 0 Å². The molecule has 0 unspecified atom stereocenters. The van der Waals surface area contributed by atoms with Gasteiger partial charge < -0.3 is 15.1 Å². The molecule has 0 aromatic heterocycles. The summed E-state index contributed by atoms with van der Waals surface area (Å²) >= 11 is 0. The Labute approximate surface area is 162 Å². The number of piperidine rings is 1. The molecule has 1 spiro atoms. The lowest BCUT2D eigenvalue weighted by Crippen LogP contribution is -2.49. The van der Waals surface area contributed by atoms with E-state index in [9.17, 15) is 9.59 Å². The van der Waals surface area contributed by atoms with Crippen LogP contribution in [0.4, 0.5) is 0 Å². The van der Waals surface area contributed by atoms with E-state index in [2.05, 4.69) is 17.3 Å². The Bertz CT molecular complexity index is 712. The Kier molecular flexibility index (Phi) is 4.75. The van der Waals surface area contributed by atoms with Crippen molar-refractivity contribution >= 4 is 11.8 Å². The van der Waals surface area contributed by atoms with E-state index < -0.39 is 0 Å². The molecule has 1 saturated carbocycles. The summed E-state index contributed by atoms with van der Waals surface area (Å²) in [7, 11) is 3.90. The molecule has 4 rings (SSSR count). The number of nitrogens with zero attached hydrogens (tertiary/aromatic N) is 2. The SMILES string of the molecule is CNC(=O)[C@@]12CCC3(CCN(C(=O)Cc4ccccc4)CC3)[C@@H]1CN(C)C2. The van der Waals surface area contributed by atoms with Crippen LogP contribution in [0.2, 0.25) is 0 Å². The number of amides is 2. The second-order valence-electron chi connectivity index (χ2n) is 8.89. The minimum Gasteiger partial charge on any atom is -0.359 e. The first kappa shape index (κ1) is 18.5. The summed E-state index contributed by atoms with van der Waals surface area (Å²) in [5.41, 5.74) is 1.08. The Hall–Kier alpha value is -1.88. The Morgan fingerprint density at radius 1 is 1.11 bits per heavy atom. The third kappa shape index (κ3) is 3.06. The Morgan fingerprint density at radius 3 is 2.48 bits per heavy atom. The monoisotopic (exact) mass is 369 g/mol. The smallest absolute Gasteiger partial charge is 0.227 e. The number of hydrogen-bond acceptors (Lipinski definition) is 3. The maximum Gasteiger partial charge on any atom is 0.227 e. The van der Waals surface area contributed by atoms with Crippen LogP contribution in [0.1, 0.15) is 31.2 Å². The number of carbonyl (C=O) groups is 2. The largest absolute Gasteiger partial charge is 0.359 e. The van der Waals surface area contributed by atoms with Gasteiger partial charge in [0.1, 0.15) is 0 Å². The van der Waals surface area contributed by atoms with Crippen molar-refractivity contribution in [1.82, 2.24) is 15.1 Å². The number of hydrogen-bond donors (Lipinski definition) is 1. The molecule has 2 saturated heterocycles. The highest BCUT2D eigenvalue weighted by Crippen LogP contribution is 2.61. The lowest BCUT2D eigenvalue weighted by atomic mass is 9.65. The van der Waals surface area contributed by atoms with Crippen LogP contribution in [0.25, 0.3) is 0 Å². The number of carbonyl (C=O) groups excluding carboxylic acids is 2. The summed E-state index contributed by atoms with van der Waals surface area (Å²) < 4.78 is 0. The molecular weight excluding hydrogens is 338 g/mol. The van der Waals surface area contributed by atoms with E-state index in [1.54, 1.807) is 7.05 Å². The molecule has 3 aliphatic rings. The first-order chi connectivity index (χ1) is 13.0. The van der Waals surface area contributed by atoms with E-state index in [-0.39, 0.29) is 22.6 Å². The van der Waals surface area contributed by atoms with Gasteiger partial charge in [-0.15, -0.1) is 0 Å². The highest BCUT2D eigenvalue weighted by atomic mass is 16.2. The molecule has 1 N–H and O–H groups in total. The van der Waals surface area contributed by atoms with Crippen LogP contribution < -0.4 is 5.32 Å². The normalized spacial score (nSPS) is 29.7. The van der Waals surface area contributed by atoms with Gasteiger partial charge in [0.15, 0.2) is 0 Å². The maximum atomic E-state index is 12.8.